The normalized spacial score (nSPS) is 18.4. The molecule has 0 aliphatic carbocycles. The third-order valence-corrected chi connectivity index (χ3v) is 20.0. The van der Waals surface area contributed by atoms with E-state index in [1.165, 1.54) is 18.3 Å². The minimum Gasteiger partial charge on any atom is -0.469 e. The molecule has 0 unspecified atom stereocenters. The van der Waals surface area contributed by atoms with E-state index < -0.39 is 34.3 Å². The SMILES string of the molecule is COC(=O)C[C@H](O[Si](C)(C)C(C)(C)C)[C@@H](C)[C@H](OC)C(C)(C)C(=O)[C@H](C)C[C@H](C)[C@H](O[Si](C)(C)C(C)(C)C)/C(C)=C/[C@@H](C)C=C(C)C. The summed E-state index contributed by atoms with van der Waals surface area (Å²) in [4.78, 5) is 27.0. The zero-order valence-corrected chi connectivity index (χ0v) is 36.6. The average Bonchev–Trinajstić information content (AvgIpc) is 2.88. The first-order valence-corrected chi connectivity index (χ1v) is 23.6. The van der Waals surface area contributed by atoms with Gasteiger partial charge in [-0.2, -0.15) is 0 Å². The van der Waals surface area contributed by atoms with Crippen LogP contribution in [0.3, 0.4) is 0 Å². The Kier molecular flexibility index (Phi) is 17.3. The maximum absolute atomic E-state index is 14.4. The Labute approximate surface area is 293 Å². The average molecular weight is 697 g/mol. The van der Waals surface area contributed by atoms with E-state index in [-0.39, 0.29) is 52.1 Å². The number of rotatable bonds is 18. The summed E-state index contributed by atoms with van der Waals surface area (Å²) < 4.78 is 25.2. The molecule has 0 aromatic rings. The molecule has 0 bridgehead atoms. The van der Waals surface area contributed by atoms with Crippen LogP contribution >= 0.6 is 0 Å². The number of carbonyl (C=O) groups excluding carboxylic acids is 2. The molecule has 276 valence electrons. The molecular formula is C39H76O6Si2. The smallest absolute Gasteiger partial charge is 0.308 e. The van der Waals surface area contributed by atoms with Gasteiger partial charge in [-0.25, -0.2) is 0 Å². The fraction of sp³-hybridized carbons (Fsp3) is 0.846. The van der Waals surface area contributed by atoms with Gasteiger partial charge in [-0.05, 0) is 80.9 Å². The van der Waals surface area contributed by atoms with Crippen molar-refractivity contribution >= 4 is 28.4 Å². The van der Waals surface area contributed by atoms with Gasteiger partial charge in [0.15, 0.2) is 16.6 Å². The number of carbonyl (C=O) groups is 2. The highest BCUT2D eigenvalue weighted by molar-refractivity contribution is 6.74. The summed E-state index contributed by atoms with van der Waals surface area (Å²) in [6.45, 7) is 41.3. The van der Waals surface area contributed by atoms with E-state index in [0.717, 1.165) is 0 Å². The summed E-state index contributed by atoms with van der Waals surface area (Å²) in [5.74, 6) is -0.200. The standard InChI is InChI=1S/C39H76O6Si2/c1-26(2)22-27(3)23-28(4)34(45-47(20,21)38(11,12)13)29(5)24-30(6)35(41)39(14,15)36(43-17)31(7)32(25-33(40)42-16)44-46(18,19)37(8,9)10/h22-23,27,29-32,34,36H,24-25H2,1-21H3/b28-23+/t27-,29-,30+,31+,32-,34+,36-/m0/s1. The molecule has 0 N–H and O–H groups in total. The lowest BCUT2D eigenvalue weighted by atomic mass is 9.70. The van der Waals surface area contributed by atoms with Crippen LogP contribution in [0.5, 0.6) is 0 Å². The Morgan fingerprint density at radius 1 is 0.745 bits per heavy atom. The number of methoxy groups -OCH3 is 2. The van der Waals surface area contributed by atoms with Crippen LogP contribution in [0.4, 0.5) is 0 Å². The molecule has 6 nitrogen and oxygen atoms in total. The van der Waals surface area contributed by atoms with Gasteiger partial charge in [0.05, 0.1) is 37.3 Å². The quantitative estimate of drug-likeness (QED) is 0.0807. The maximum atomic E-state index is 14.4. The lowest BCUT2D eigenvalue weighted by Gasteiger charge is -2.45. The molecule has 0 aromatic heterocycles. The number of hydrogen-bond donors (Lipinski definition) is 0. The first kappa shape index (κ1) is 45.9. The Balaban J connectivity index is 6.49. The van der Waals surface area contributed by atoms with Crippen LogP contribution in [-0.2, 0) is 27.9 Å². The van der Waals surface area contributed by atoms with E-state index in [0.29, 0.717) is 12.3 Å². The second kappa shape index (κ2) is 17.7. The number of esters is 1. The third-order valence-electron chi connectivity index (χ3n) is 11.0. The summed E-state index contributed by atoms with van der Waals surface area (Å²) in [6.07, 6.45) is 4.43. The van der Waals surface area contributed by atoms with Crippen LogP contribution in [0.15, 0.2) is 23.3 Å². The van der Waals surface area contributed by atoms with Gasteiger partial charge in [-0.15, -0.1) is 0 Å². The van der Waals surface area contributed by atoms with E-state index in [4.69, 9.17) is 18.3 Å². The van der Waals surface area contributed by atoms with Crippen molar-refractivity contribution in [3.05, 3.63) is 23.3 Å². The molecule has 0 aliphatic rings. The van der Waals surface area contributed by atoms with Crippen molar-refractivity contribution in [3.63, 3.8) is 0 Å². The second-order valence-electron chi connectivity index (χ2n) is 18.2. The number of allylic oxidation sites excluding steroid dienone is 3. The highest BCUT2D eigenvalue weighted by Crippen LogP contribution is 2.43. The number of Topliss-reactive ketones (excluding diaryl/α,β-unsaturated/α-hetero) is 1. The minimum atomic E-state index is -2.24. The van der Waals surface area contributed by atoms with E-state index in [1.807, 2.05) is 27.7 Å². The topological polar surface area (TPSA) is 71.1 Å². The van der Waals surface area contributed by atoms with E-state index in [2.05, 4.69) is 115 Å². The molecule has 47 heavy (non-hydrogen) atoms. The molecule has 0 saturated carbocycles. The lowest BCUT2D eigenvalue weighted by Crippen LogP contribution is -2.52. The maximum Gasteiger partial charge on any atom is 0.308 e. The van der Waals surface area contributed by atoms with Crippen molar-refractivity contribution in [2.24, 2.45) is 29.1 Å². The summed E-state index contributed by atoms with van der Waals surface area (Å²) in [5, 5.41) is 0.0218. The van der Waals surface area contributed by atoms with E-state index >= 15 is 0 Å². The Bertz CT molecular complexity index is 1070. The Morgan fingerprint density at radius 3 is 1.62 bits per heavy atom. The zero-order chi connectivity index (χ0) is 37.5. The van der Waals surface area contributed by atoms with Gasteiger partial charge in [-0.1, -0.05) is 101 Å². The van der Waals surface area contributed by atoms with Crippen LogP contribution < -0.4 is 0 Å². The molecule has 0 saturated heterocycles. The molecule has 0 aromatic carbocycles. The number of hydrogen-bond acceptors (Lipinski definition) is 6. The molecule has 0 spiro atoms. The highest BCUT2D eigenvalue weighted by Gasteiger charge is 2.48. The Morgan fingerprint density at radius 2 is 1.21 bits per heavy atom. The summed E-state index contributed by atoms with van der Waals surface area (Å²) in [5.41, 5.74) is 1.70. The van der Waals surface area contributed by atoms with Gasteiger partial charge in [0, 0.05) is 18.9 Å². The van der Waals surface area contributed by atoms with Crippen LogP contribution in [0.2, 0.25) is 36.3 Å². The summed E-state index contributed by atoms with van der Waals surface area (Å²) in [6, 6.07) is 0. The van der Waals surface area contributed by atoms with Gasteiger partial charge in [0.25, 0.3) is 0 Å². The van der Waals surface area contributed by atoms with E-state index in [9.17, 15) is 9.59 Å². The molecule has 7 atom stereocenters. The van der Waals surface area contributed by atoms with Crippen LogP contribution in [-0.4, -0.2) is 60.9 Å². The summed E-state index contributed by atoms with van der Waals surface area (Å²) >= 11 is 0. The molecule has 0 heterocycles. The van der Waals surface area contributed by atoms with Gasteiger partial charge >= 0.3 is 5.97 Å². The third kappa shape index (κ3) is 13.3. The monoisotopic (exact) mass is 697 g/mol. The van der Waals surface area contributed by atoms with Crippen LogP contribution in [0.1, 0.15) is 117 Å². The van der Waals surface area contributed by atoms with Crippen molar-refractivity contribution in [1.82, 2.24) is 0 Å². The van der Waals surface area contributed by atoms with Crippen molar-refractivity contribution in [2.45, 2.75) is 171 Å². The fourth-order valence-corrected chi connectivity index (χ4v) is 9.11. The molecule has 0 fully saturated rings. The highest BCUT2D eigenvalue weighted by atomic mass is 28.4. The first-order valence-electron chi connectivity index (χ1n) is 17.8. The number of ketones is 1. The van der Waals surface area contributed by atoms with Crippen LogP contribution in [0.25, 0.3) is 0 Å². The van der Waals surface area contributed by atoms with Crippen LogP contribution in [0, 0.1) is 29.1 Å². The zero-order valence-electron chi connectivity index (χ0n) is 34.6. The Hall–Kier alpha value is -1.07. The lowest BCUT2D eigenvalue weighted by molar-refractivity contribution is -0.149. The van der Waals surface area contributed by atoms with Gasteiger partial charge in [-0.3, -0.25) is 9.59 Å². The first-order chi connectivity index (χ1) is 21.0. The molecule has 8 heteroatoms. The van der Waals surface area contributed by atoms with Crippen molar-refractivity contribution in [2.75, 3.05) is 14.2 Å². The van der Waals surface area contributed by atoms with Crippen molar-refractivity contribution in [1.29, 1.82) is 0 Å². The molecular weight excluding hydrogens is 621 g/mol. The molecule has 0 aliphatic heterocycles. The largest absolute Gasteiger partial charge is 0.469 e. The molecule has 0 amide bonds. The number of ether oxygens (including phenoxy) is 2. The minimum absolute atomic E-state index is 0.0430. The van der Waals surface area contributed by atoms with Gasteiger partial charge < -0.3 is 18.3 Å². The van der Waals surface area contributed by atoms with Gasteiger partial charge in [0.1, 0.15) is 5.78 Å². The van der Waals surface area contributed by atoms with Crippen molar-refractivity contribution in [3.8, 4) is 0 Å². The van der Waals surface area contributed by atoms with Gasteiger partial charge in [0.2, 0.25) is 0 Å². The predicted molar refractivity (Wildman–Crippen MR) is 205 cm³/mol. The second-order valence-corrected chi connectivity index (χ2v) is 27.7. The van der Waals surface area contributed by atoms with E-state index in [1.54, 1.807) is 7.11 Å². The summed E-state index contributed by atoms with van der Waals surface area (Å²) in [7, 11) is -1.28. The van der Waals surface area contributed by atoms with Crippen molar-refractivity contribution < 1.29 is 27.9 Å². The fourth-order valence-electron chi connectivity index (χ4n) is 6.30. The predicted octanol–water partition coefficient (Wildman–Crippen LogP) is 10.8. The molecule has 0 rings (SSSR count). The molecule has 0 radical (unpaired) electrons.